The second kappa shape index (κ2) is 6.54. The Labute approximate surface area is 142 Å². The van der Waals surface area contributed by atoms with Gasteiger partial charge in [-0.2, -0.15) is 15.0 Å². The van der Waals surface area contributed by atoms with Gasteiger partial charge < -0.3 is 24.7 Å². The number of rotatable bonds is 4. The number of nitrogens with two attached hydrogens (primary N) is 1. The summed E-state index contributed by atoms with van der Waals surface area (Å²) in [5.41, 5.74) is 7.66. The minimum atomic E-state index is -1.27. The van der Waals surface area contributed by atoms with Crippen LogP contribution in [0, 0.1) is 0 Å². The molecule has 1 aromatic heterocycles. The number of methoxy groups -OCH3 is 2. The van der Waals surface area contributed by atoms with Crippen LogP contribution in [0.1, 0.15) is 5.56 Å². The lowest BCUT2D eigenvalue weighted by molar-refractivity contribution is 0.394. The van der Waals surface area contributed by atoms with E-state index in [4.69, 9.17) is 15.2 Å². The molecule has 0 fully saturated rings. The van der Waals surface area contributed by atoms with Crippen molar-refractivity contribution < 1.29 is 14.0 Å². The number of aromatic nitrogens is 2. The van der Waals surface area contributed by atoms with Crippen LogP contribution in [0.5, 0.6) is 11.5 Å². The lowest BCUT2D eigenvalue weighted by Crippen LogP contribution is -2.39. The Bertz CT molecular complexity index is 774. The van der Waals surface area contributed by atoms with E-state index < -0.39 is 11.2 Å². The molecule has 0 amide bonds. The fourth-order valence-corrected chi connectivity index (χ4v) is 2.74. The molecule has 9 heteroatoms. The predicted octanol–water partition coefficient (Wildman–Crippen LogP) is 1.20. The SMILES string of the molecule is COc1cc(OC)cc(N2Cc3cnc([S+](C)[O-])nc3N=C2N)c1. The molecule has 126 valence electrons. The highest BCUT2D eigenvalue weighted by Gasteiger charge is 2.23. The van der Waals surface area contributed by atoms with Gasteiger partial charge in [0.05, 0.1) is 26.5 Å². The number of benzene rings is 1. The molecule has 0 spiro atoms. The second-order valence-electron chi connectivity index (χ2n) is 5.08. The quantitative estimate of drug-likeness (QED) is 0.653. The minimum Gasteiger partial charge on any atom is -0.609 e. The zero-order valence-corrected chi connectivity index (χ0v) is 14.3. The third kappa shape index (κ3) is 3.08. The first kappa shape index (κ1) is 16.3. The fraction of sp³-hybridized carbons (Fsp3) is 0.267. The molecule has 0 saturated heterocycles. The molecule has 2 N–H and O–H groups in total. The summed E-state index contributed by atoms with van der Waals surface area (Å²) in [6.45, 7) is 0.442. The Morgan fingerprint density at radius 2 is 1.88 bits per heavy atom. The highest BCUT2D eigenvalue weighted by Crippen LogP contribution is 2.32. The van der Waals surface area contributed by atoms with Crippen molar-refractivity contribution in [3.8, 4) is 11.5 Å². The molecular formula is C15H17N5O3S. The molecule has 1 aromatic carbocycles. The van der Waals surface area contributed by atoms with E-state index >= 15 is 0 Å². The Balaban J connectivity index is 1.99. The van der Waals surface area contributed by atoms with Gasteiger partial charge in [0.15, 0.2) is 5.82 Å². The van der Waals surface area contributed by atoms with Crippen molar-refractivity contribution in [1.29, 1.82) is 0 Å². The van der Waals surface area contributed by atoms with Crippen molar-refractivity contribution >= 4 is 28.6 Å². The number of anilines is 1. The van der Waals surface area contributed by atoms with Gasteiger partial charge in [-0.05, 0) is 0 Å². The van der Waals surface area contributed by atoms with E-state index in [0.29, 0.717) is 23.9 Å². The Hall–Kier alpha value is -2.52. The topological polar surface area (TPSA) is 109 Å². The van der Waals surface area contributed by atoms with Gasteiger partial charge in [0.1, 0.15) is 17.8 Å². The fourth-order valence-electron chi connectivity index (χ4n) is 2.32. The van der Waals surface area contributed by atoms with Crippen molar-refractivity contribution in [2.75, 3.05) is 25.4 Å². The second-order valence-corrected chi connectivity index (χ2v) is 6.36. The van der Waals surface area contributed by atoms with Crippen LogP contribution >= 0.6 is 0 Å². The summed E-state index contributed by atoms with van der Waals surface area (Å²) in [4.78, 5) is 14.4. The van der Waals surface area contributed by atoms with E-state index in [1.165, 1.54) is 6.26 Å². The smallest absolute Gasteiger partial charge is 0.344 e. The molecule has 0 bridgehead atoms. The van der Waals surface area contributed by atoms with E-state index in [-0.39, 0.29) is 11.1 Å². The first-order valence-corrected chi connectivity index (χ1v) is 8.61. The summed E-state index contributed by atoms with van der Waals surface area (Å²) in [6, 6.07) is 5.46. The van der Waals surface area contributed by atoms with Crippen LogP contribution in [0.15, 0.2) is 34.5 Å². The van der Waals surface area contributed by atoms with Crippen LogP contribution in [0.2, 0.25) is 0 Å². The summed E-state index contributed by atoms with van der Waals surface area (Å²) in [5, 5.41) is 0.238. The van der Waals surface area contributed by atoms with Gasteiger partial charge in [-0.25, -0.2) is 0 Å². The average Bonchev–Trinajstić information content (AvgIpc) is 2.59. The highest BCUT2D eigenvalue weighted by molar-refractivity contribution is 7.90. The molecule has 8 nitrogen and oxygen atoms in total. The molecule has 1 atom stereocenters. The third-order valence-corrected chi connectivity index (χ3v) is 4.26. The summed E-state index contributed by atoms with van der Waals surface area (Å²) in [7, 11) is 3.17. The highest BCUT2D eigenvalue weighted by atomic mass is 32.2. The van der Waals surface area contributed by atoms with Gasteiger partial charge in [0.2, 0.25) is 5.96 Å². The molecule has 0 aliphatic carbocycles. The van der Waals surface area contributed by atoms with Crippen LogP contribution < -0.4 is 20.1 Å². The molecule has 2 aromatic rings. The van der Waals surface area contributed by atoms with Gasteiger partial charge in [-0.15, -0.1) is 0 Å². The van der Waals surface area contributed by atoms with E-state index in [1.807, 2.05) is 12.1 Å². The molecule has 24 heavy (non-hydrogen) atoms. The first-order chi connectivity index (χ1) is 11.5. The van der Waals surface area contributed by atoms with Crippen molar-refractivity contribution in [3.63, 3.8) is 0 Å². The molecule has 1 unspecified atom stereocenters. The Kier molecular flexibility index (Phi) is 4.45. The third-order valence-electron chi connectivity index (χ3n) is 3.55. The molecule has 3 rings (SSSR count). The molecule has 1 aliphatic heterocycles. The van der Waals surface area contributed by atoms with Crippen molar-refractivity contribution in [1.82, 2.24) is 9.97 Å². The average molecular weight is 347 g/mol. The number of nitrogens with zero attached hydrogens (tertiary/aromatic N) is 4. The molecular weight excluding hydrogens is 330 g/mol. The molecule has 1 aliphatic rings. The van der Waals surface area contributed by atoms with Crippen molar-refractivity contribution in [2.24, 2.45) is 10.7 Å². The summed E-state index contributed by atoms with van der Waals surface area (Å²) in [5.74, 6) is 2.02. The Morgan fingerprint density at radius 1 is 1.21 bits per heavy atom. The number of aliphatic imine (C=N–C) groups is 1. The van der Waals surface area contributed by atoms with Gasteiger partial charge in [-0.3, -0.25) is 0 Å². The largest absolute Gasteiger partial charge is 0.609 e. The van der Waals surface area contributed by atoms with Crippen LogP contribution in [-0.4, -0.2) is 41.0 Å². The van der Waals surface area contributed by atoms with E-state index in [0.717, 1.165) is 11.3 Å². The molecule has 0 radical (unpaired) electrons. The van der Waals surface area contributed by atoms with Crippen LogP contribution in [-0.2, 0) is 17.7 Å². The van der Waals surface area contributed by atoms with Crippen molar-refractivity contribution in [2.45, 2.75) is 11.7 Å². The number of hydrogen-bond donors (Lipinski definition) is 1. The van der Waals surface area contributed by atoms with Gasteiger partial charge in [-0.1, -0.05) is 0 Å². The minimum absolute atomic E-state index is 0.238. The van der Waals surface area contributed by atoms with E-state index in [2.05, 4.69) is 15.0 Å². The zero-order chi connectivity index (χ0) is 17.3. The van der Waals surface area contributed by atoms with Crippen LogP contribution in [0.3, 0.4) is 0 Å². The Morgan fingerprint density at radius 3 is 2.46 bits per heavy atom. The number of ether oxygens (including phenoxy) is 2. The first-order valence-electron chi connectivity index (χ1n) is 7.06. The summed E-state index contributed by atoms with van der Waals surface area (Å²) in [6.07, 6.45) is 3.14. The van der Waals surface area contributed by atoms with Gasteiger partial charge in [0.25, 0.3) is 0 Å². The van der Waals surface area contributed by atoms with E-state index in [9.17, 15) is 4.55 Å². The number of fused-ring (bicyclic) bond motifs is 1. The standard InChI is InChI=1S/C15H17N5O3S/c1-22-11-4-10(5-12(6-11)23-2)20-8-9-7-17-15(24(3)21)19-13(9)18-14(20)16/h4-7H,8H2,1-3H3,(H2,16,17,18,19). The lowest BCUT2D eigenvalue weighted by Gasteiger charge is -2.28. The van der Waals surface area contributed by atoms with Crippen molar-refractivity contribution in [3.05, 3.63) is 30.0 Å². The van der Waals surface area contributed by atoms with Gasteiger partial charge >= 0.3 is 5.16 Å². The maximum atomic E-state index is 11.5. The van der Waals surface area contributed by atoms with Crippen LogP contribution in [0.4, 0.5) is 11.5 Å². The lowest BCUT2D eigenvalue weighted by atomic mass is 10.2. The zero-order valence-electron chi connectivity index (χ0n) is 13.5. The van der Waals surface area contributed by atoms with Crippen LogP contribution in [0.25, 0.3) is 0 Å². The normalized spacial score (nSPS) is 14.7. The summed E-state index contributed by atoms with van der Waals surface area (Å²) >= 11 is -1.27. The van der Waals surface area contributed by atoms with Gasteiger partial charge in [0, 0.05) is 41.1 Å². The maximum absolute atomic E-state index is 11.5. The molecule has 0 saturated carbocycles. The predicted molar refractivity (Wildman–Crippen MR) is 91.4 cm³/mol. The maximum Gasteiger partial charge on any atom is 0.344 e. The molecule has 2 heterocycles. The monoisotopic (exact) mass is 347 g/mol. The number of hydrogen-bond acceptors (Lipinski definition) is 8. The summed E-state index contributed by atoms with van der Waals surface area (Å²) < 4.78 is 22.1. The van der Waals surface area contributed by atoms with E-state index in [1.54, 1.807) is 31.4 Å². The number of guanidine groups is 1.